The number of benzene rings is 4. The molecule has 3 N–H and O–H groups in total. The number of nitrogens with two attached hydrogens (primary N) is 1. The molecule has 0 heterocycles. The van der Waals surface area contributed by atoms with Crippen LogP contribution in [0.15, 0.2) is 94.7 Å². The van der Waals surface area contributed by atoms with Gasteiger partial charge in [0, 0.05) is 24.4 Å². The maximum Gasteiger partial charge on any atom is 0.416 e. The monoisotopic (exact) mass is 786 g/mol. The van der Waals surface area contributed by atoms with Crippen LogP contribution >= 0.6 is 0 Å². The Morgan fingerprint density at radius 3 is 1.45 bits per heavy atom. The fourth-order valence-electron chi connectivity index (χ4n) is 6.27. The minimum absolute atomic E-state index is 0.101. The van der Waals surface area contributed by atoms with Gasteiger partial charge in [0.2, 0.25) is 0 Å². The zero-order chi connectivity index (χ0) is 39.4. The Morgan fingerprint density at radius 1 is 0.698 bits per heavy atom. The molecule has 53 heavy (non-hydrogen) atoms. The smallest absolute Gasteiger partial charge is 0.399 e. The van der Waals surface area contributed by atoms with Gasteiger partial charge >= 0.3 is 12.4 Å². The Morgan fingerprint density at radius 2 is 1.08 bits per heavy atom. The van der Waals surface area contributed by atoms with Gasteiger partial charge < -0.3 is 10.8 Å². The lowest BCUT2D eigenvalue weighted by Crippen LogP contribution is -2.19. The van der Waals surface area contributed by atoms with E-state index in [0.717, 1.165) is 60.5 Å². The third kappa shape index (κ3) is 9.55. The molecule has 0 fully saturated rings. The lowest BCUT2D eigenvalue weighted by atomic mass is 9.91. The van der Waals surface area contributed by atoms with Gasteiger partial charge in [-0.25, -0.2) is 16.8 Å². The number of nitrogen functional groups attached to an aromatic ring is 1. The number of aliphatic hydroxyl groups is 1. The third-order valence-electron chi connectivity index (χ3n) is 8.80. The largest absolute Gasteiger partial charge is 0.416 e. The molecule has 17 heteroatoms. The first kappa shape index (κ1) is 41.3. The molecule has 2 unspecified atom stereocenters. The predicted octanol–water partition coefficient (Wildman–Crippen LogP) is 8.60. The number of nitrogens with zero attached hydrogens (tertiary/aromatic N) is 1. The van der Waals surface area contributed by atoms with E-state index < -0.39 is 58.6 Å². The maximum absolute atomic E-state index is 12.9. The topological polar surface area (TPSA) is 158 Å². The number of aryl methyl sites for hydroxylation is 2. The van der Waals surface area contributed by atoms with Crippen LogP contribution < -0.4 is 5.73 Å². The Kier molecular flexibility index (Phi) is 12.7. The lowest BCUT2D eigenvalue weighted by Gasteiger charge is -2.26. The highest BCUT2D eigenvalue weighted by molar-refractivity contribution is 7.92. The number of fused-ring (bicyclic) bond motifs is 2. The van der Waals surface area contributed by atoms with Gasteiger partial charge in [-0.2, -0.15) is 26.3 Å². The molecule has 0 aliphatic heterocycles. The van der Waals surface area contributed by atoms with Crippen LogP contribution in [0.3, 0.4) is 0 Å². The second-order valence-corrected chi connectivity index (χ2v) is 16.6. The van der Waals surface area contributed by atoms with Gasteiger partial charge in [-0.15, -0.1) is 0 Å². The predicted molar refractivity (Wildman–Crippen MR) is 185 cm³/mol. The average Bonchev–Trinajstić information content (AvgIpc) is 3.10. The van der Waals surface area contributed by atoms with Gasteiger partial charge in [-0.05, 0) is 128 Å². The molecule has 2 atom stereocenters. The molecule has 4 aromatic rings. The van der Waals surface area contributed by atoms with E-state index in [1.54, 1.807) is 25.1 Å². The van der Waals surface area contributed by atoms with Crippen LogP contribution in [0.4, 0.5) is 37.7 Å². The highest BCUT2D eigenvalue weighted by Crippen LogP contribution is 2.42. The van der Waals surface area contributed by atoms with Crippen molar-refractivity contribution >= 4 is 31.0 Å². The second-order valence-electron chi connectivity index (χ2n) is 12.3. The van der Waals surface area contributed by atoms with Gasteiger partial charge in [0.25, 0.3) is 5.69 Å². The number of non-ortho nitro benzene ring substituents is 1. The summed E-state index contributed by atoms with van der Waals surface area (Å²) in [6.45, 7) is 1.93. The zero-order valence-electron chi connectivity index (χ0n) is 28.2. The van der Waals surface area contributed by atoms with Crippen LogP contribution in [0, 0.1) is 10.1 Å². The number of alkyl halides is 6. The third-order valence-corrected chi connectivity index (χ3v) is 13.1. The number of nitro groups is 1. The van der Waals surface area contributed by atoms with E-state index in [9.17, 15) is 53.3 Å². The van der Waals surface area contributed by atoms with Crippen molar-refractivity contribution in [2.24, 2.45) is 0 Å². The van der Waals surface area contributed by atoms with Crippen molar-refractivity contribution in [3.63, 3.8) is 0 Å². The van der Waals surface area contributed by atoms with Gasteiger partial charge in [0.05, 0.1) is 36.3 Å². The Bertz CT molecular complexity index is 2140. The summed E-state index contributed by atoms with van der Waals surface area (Å²) in [5, 5.41) is 16.8. The van der Waals surface area contributed by atoms with Gasteiger partial charge in [-0.1, -0.05) is 12.1 Å². The Labute approximate surface area is 302 Å². The van der Waals surface area contributed by atoms with Crippen molar-refractivity contribution in [3.8, 4) is 0 Å². The fraction of sp³-hybridized carbons (Fsp3) is 0.333. The molecule has 6 rings (SSSR count). The molecule has 0 bridgehead atoms. The minimum Gasteiger partial charge on any atom is -0.399 e. The van der Waals surface area contributed by atoms with Crippen LogP contribution in [0.5, 0.6) is 0 Å². The molecule has 0 amide bonds. The van der Waals surface area contributed by atoms with E-state index >= 15 is 0 Å². The standard InChI is InChI=1S/C17H14F3NO4S.C17H16F3NO2S.C2H6O/c18-17(19,20)12-5-8-14(9-6-12)26(24,25)16-3-1-2-11-4-7-13(21(22)23)10-15(11)16;18-17(19,20)12-5-8-14(9-6-12)24(22,23)16-3-1-2-11-4-7-13(21)10-15(11)16;1-2-3/h4-10,16H,1-3H2;4-10,16H,1-3,21H2;3H,2H2,1H3. The molecule has 0 aromatic heterocycles. The molecule has 2 aliphatic carbocycles. The number of sulfone groups is 2. The molecule has 9 nitrogen and oxygen atoms in total. The van der Waals surface area contributed by atoms with Crippen LogP contribution in [0.1, 0.15) is 76.5 Å². The lowest BCUT2D eigenvalue weighted by molar-refractivity contribution is -0.384. The van der Waals surface area contributed by atoms with Crippen LogP contribution in [-0.4, -0.2) is 33.5 Å². The van der Waals surface area contributed by atoms with E-state index in [1.165, 1.54) is 12.1 Å². The summed E-state index contributed by atoms with van der Waals surface area (Å²) < 4.78 is 128. The molecule has 286 valence electrons. The van der Waals surface area contributed by atoms with Gasteiger partial charge in [-0.3, -0.25) is 10.1 Å². The molecule has 0 saturated carbocycles. The quantitative estimate of drug-likeness (QED) is 0.0882. The number of rotatable bonds is 5. The molecule has 2 aliphatic rings. The van der Waals surface area contributed by atoms with Crippen molar-refractivity contribution in [1.82, 2.24) is 0 Å². The molecule has 0 radical (unpaired) electrons. The van der Waals surface area contributed by atoms with E-state index in [2.05, 4.69) is 0 Å². The molecular formula is C36H36F6N2O7S2. The summed E-state index contributed by atoms with van der Waals surface area (Å²) >= 11 is 0. The van der Waals surface area contributed by atoms with Crippen LogP contribution in [-0.2, 0) is 44.9 Å². The number of halogens is 6. The fourth-order valence-corrected chi connectivity index (χ4v) is 10.0. The maximum atomic E-state index is 12.9. The van der Waals surface area contributed by atoms with Crippen molar-refractivity contribution in [2.75, 3.05) is 12.3 Å². The number of aliphatic hydroxyl groups excluding tert-OH is 1. The van der Waals surface area contributed by atoms with Gasteiger partial charge in [0.15, 0.2) is 19.7 Å². The summed E-state index contributed by atoms with van der Waals surface area (Å²) in [5.74, 6) is 0. The first-order valence-electron chi connectivity index (χ1n) is 16.3. The SMILES string of the molecule is CCO.Nc1ccc2c(c1)C(S(=O)(=O)c1ccc(C(F)(F)F)cc1)CCC2.O=[N+]([O-])c1ccc2c(c1)C(S(=O)(=O)c1ccc(C(F)(F)F)cc1)CCC2. The summed E-state index contributed by atoms with van der Waals surface area (Å²) in [6, 6.07) is 16.3. The number of hydrogen-bond acceptors (Lipinski definition) is 8. The van der Waals surface area contributed by atoms with E-state index in [1.807, 2.05) is 6.07 Å². The minimum atomic E-state index is -4.56. The summed E-state index contributed by atoms with van der Waals surface area (Å²) in [7, 11) is -7.75. The van der Waals surface area contributed by atoms with E-state index in [-0.39, 0.29) is 28.5 Å². The number of nitro benzene ring substituents is 1. The highest BCUT2D eigenvalue weighted by atomic mass is 32.2. The van der Waals surface area contributed by atoms with Crippen molar-refractivity contribution in [1.29, 1.82) is 0 Å². The summed E-state index contributed by atoms with van der Waals surface area (Å²) in [5.41, 5.74) is 6.88. The van der Waals surface area contributed by atoms with Crippen LogP contribution in [0.25, 0.3) is 0 Å². The normalized spacial score (nSPS) is 17.2. The van der Waals surface area contributed by atoms with Crippen molar-refractivity contribution in [3.05, 3.63) is 128 Å². The summed E-state index contributed by atoms with van der Waals surface area (Å²) in [4.78, 5) is 10.1. The first-order chi connectivity index (χ1) is 24.7. The summed E-state index contributed by atoms with van der Waals surface area (Å²) in [6.07, 6.45) is -5.69. The van der Waals surface area contributed by atoms with Gasteiger partial charge in [0.1, 0.15) is 0 Å². The van der Waals surface area contributed by atoms with Crippen molar-refractivity contribution < 1.29 is 53.2 Å². The van der Waals surface area contributed by atoms with Crippen LogP contribution in [0.2, 0.25) is 0 Å². The molecule has 4 aromatic carbocycles. The average molecular weight is 787 g/mol. The van der Waals surface area contributed by atoms with Crippen molar-refractivity contribution in [2.45, 2.75) is 78.1 Å². The molecule has 0 spiro atoms. The Balaban J connectivity index is 0.000000221. The Hall–Kier alpha value is -4.48. The molecule has 0 saturated heterocycles. The molecular weight excluding hydrogens is 751 g/mol. The zero-order valence-corrected chi connectivity index (χ0v) is 29.8. The van der Waals surface area contributed by atoms with E-state index in [0.29, 0.717) is 48.1 Å². The first-order valence-corrected chi connectivity index (χ1v) is 19.4. The second kappa shape index (κ2) is 16.3. The number of anilines is 1. The highest BCUT2D eigenvalue weighted by Gasteiger charge is 2.37. The van der Waals surface area contributed by atoms with E-state index in [4.69, 9.17) is 10.8 Å². The number of hydrogen-bond donors (Lipinski definition) is 2.